The summed E-state index contributed by atoms with van der Waals surface area (Å²) in [4.78, 5) is 11.1. The molecule has 0 aliphatic carbocycles. The lowest BCUT2D eigenvalue weighted by Crippen LogP contribution is -2.24. The van der Waals surface area contributed by atoms with Gasteiger partial charge in [0.25, 0.3) is 10.3 Å². The van der Waals surface area contributed by atoms with Crippen LogP contribution in [0, 0.1) is 4.91 Å². The van der Waals surface area contributed by atoms with Crippen LogP contribution in [0.2, 0.25) is 0 Å². The van der Waals surface area contributed by atoms with E-state index in [0.717, 1.165) is 19.3 Å². The second kappa shape index (κ2) is 5.54. The van der Waals surface area contributed by atoms with E-state index in [0.29, 0.717) is 16.7 Å². The van der Waals surface area contributed by atoms with E-state index in [9.17, 15) is 10.0 Å². The first-order valence-electron chi connectivity index (χ1n) is 4.92. The molecule has 0 spiro atoms. The Balaban J connectivity index is 2.52. The summed E-state index contributed by atoms with van der Waals surface area (Å²) in [5.41, 5.74) is 0.469. The fourth-order valence-corrected chi connectivity index (χ4v) is 1.30. The van der Waals surface area contributed by atoms with Crippen molar-refractivity contribution in [3.63, 3.8) is 0 Å². The second-order valence-electron chi connectivity index (χ2n) is 3.35. The van der Waals surface area contributed by atoms with Crippen molar-refractivity contribution in [2.45, 2.75) is 38.7 Å². The highest BCUT2D eigenvalue weighted by Crippen LogP contribution is 2.04. The minimum atomic E-state index is -0.451. The monoisotopic (exact) mass is 198 g/mol. The van der Waals surface area contributed by atoms with Crippen LogP contribution in [0.15, 0.2) is 22.9 Å². The molecular formula is C10H16NO3+. The molecule has 1 aromatic heterocycles. The summed E-state index contributed by atoms with van der Waals surface area (Å²) in [5, 5.41) is 9.56. The van der Waals surface area contributed by atoms with Crippen molar-refractivity contribution in [2.24, 2.45) is 0 Å². The van der Waals surface area contributed by atoms with Crippen LogP contribution in [0.3, 0.4) is 0 Å². The maximum atomic E-state index is 11.1. The molecule has 78 valence electrons. The molecule has 0 fully saturated rings. The average molecular weight is 198 g/mol. The van der Waals surface area contributed by atoms with Gasteiger partial charge in [-0.3, -0.25) is 0 Å². The van der Waals surface area contributed by atoms with Gasteiger partial charge in [-0.2, -0.15) is 4.52 Å². The Morgan fingerprint density at radius 2 is 2.43 bits per heavy atom. The molecule has 0 aliphatic heterocycles. The van der Waals surface area contributed by atoms with Gasteiger partial charge in [-0.15, -0.1) is 0 Å². The van der Waals surface area contributed by atoms with Crippen LogP contribution in [0.25, 0.3) is 0 Å². The molecule has 1 heterocycles. The molecule has 0 radical (unpaired) electrons. The highest BCUT2D eigenvalue weighted by atomic mass is 16.6. The summed E-state index contributed by atoms with van der Waals surface area (Å²) in [7, 11) is 0. The molecule has 1 N–H and O–H groups in total. The van der Waals surface area contributed by atoms with Crippen molar-refractivity contribution in [1.82, 2.24) is 0 Å². The van der Waals surface area contributed by atoms with Crippen molar-refractivity contribution in [2.75, 3.05) is 0 Å². The Hall–Kier alpha value is -1.16. The molecule has 0 saturated carbocycles. The third-order valence-corrected chi connectivity index (χ3v) is 2.09. The van der Waals surface area contributed by atoms with Gasteiger partial charge in [0.15, 0.2) is 6.26 Å². The third kappa shape index (κ3) is 3.30. The molecule has 0 bridgehead atoms. The molecule has 1 unspecified atom stereocenters. The van der Waals surface area contributed by atoms with E-state index in [1.165, 1.54) is 6.26 Å². The Morgan fingerprint density at radius 1 is 1.64 bits per heavy atom. The summed E-state index contributed by atoms with van der Waals surface area (Å²) in [6, 6.07) is 3.31. The summed E-state index contributed by atoms with van der Waals surface area (Å²) in [6.07, 6.45) is 3.97. The van der Waals surface area contributed by atoms with Crippen LogP contribution in [0.1, 0.15) is 31.9 Å². The number of unbranched alkanes of at least 4 members (excludes halogenated alkanes) is 1. The highest BCUT2D eigenvalue weighted by molar-refractivity contribution is 4.94. The smallest absolute Gasteiger partial charge is 0.296 e. The molecule has 0 aromatic carbocycles. The van der Waals surface area contributed by atoms with E-state index in [1.807, 2.05) is 0 Å². The largest absolute Gasteiger partial charge is 0.393 e. The summed E-state index contributed by atoms with van der Waals surface area (Å²) in [6.45, 7) is 2.07. The maximum absolute atomic E-state index is 11.1. The van der Waals surface area contributed by atoms with Crippen molar-refractivity contribution < 1.29 is 14.2 Å². The molecular weight excluding hydrogens is 182 g/mol. The zero-order chi connectivity index (χ0) is 10.4. The molecule has 0 amide bonds. The van der Waals surface area contributed by atoms with Gasteiger partial charge in [0.2, 0.25) is 0 Å². The first-order chi connectivity index (χ1) is 6.74. The van der Waals surface area contributed by atoms with Crippen LogP contribution in [-0.2, 0) is 6.42 Å². The van der Waals surface area contributed by atoms with E-state index in [-0.39, 0.29) is 0 Å². The lowest BCUT2D eigenvalue weighted by atomic mass is 10.1. The van der Waals surface area contributed by atoms with Gasteiger partial charge in [-0.25, -0.2) is 0 Å². The second-order valence-corrected chi connectivity index (χ2v) is 3.35. The van der Waals surface area contributed by atoms with Gasteiger partial charge in [0.1, 0.15) is 0 Å². The van der Waals surface area contributed by atoms with E-state index < -0.39 is 6.10 Å². The number of nitrogens with zero attached hydrogens (tertiary/aromatic N) is 1. The topological polar surface area (TPSA) is 56.3 Å². The van der Waals surface area contributed by atoms with Crippen LogP contribution >= 0.6 is 0 Å². The lowest BCUT2D eigenvalue weighted by molar-refractivity contribution is -0.715. The van der Waals surface area contributed by atoms with Gasteiger partial charge in [0, 0.05) is 6.07 Å². The minimum Gasteiger partial charge on any atom is -0.393 e. The number of hydrogen-bond acceptors (Lipinski definition) is 3. The van der Waals surface area contributed by atoms with Gasteiger partial charge in [-0.05, 0) is 12.5 Å². The Kier molecular flexibility index (Phi) is 4.32. The van der Waals surface area contributed by atoms with Crippen molar-refractivity contribution in [3.8, 4) is 0 Å². The number of hydrogen-bond donors (Lipinski definition) is 1. The fourth-order valence-electron chi connectivity index (χ4n) is 1.30. The molecule has 1 aromatic rings. The standard InChI is InChI=1S/C10H16NO3/c1-2-3-6-10(12)8-9-5-4-7-14-11(9)13/h4-5,7,10,12H,2-3,6,8H2,1H3/q+1. The minimum absolute atomic E-state index is 0.355. The van der Waals surface area contributed by atoms with Crippen LogP contribution in [-0.4, -0.2) is 11.2 Å². The van der Waals surface area contributed by atoms with Gasteiger partial charge in [-0.1, -0.05) is 19.8 Å². The third-order valence-electron chi connectivity index (χ3n) is 2.09. The number of aromatic nitrogens is 1. The molecule has 4 heteroatoms. The van der Waals surface area contributed by atoms with Gasteiger partial charge in [0.05, 0.1) is 17.4 Å². The number of aliphatic hydroxyl groups excluding tert-OH is 1. The van der Waals surface area contributed by atoms with Crippen molar-refractivity contribution in [1.29, 1.82) is 0 Å². The van der Waals surface area contributed by atoms with Gasteiger partial charge >= 0.3 is 0 Å². The predicted molar refractivity (Wildman–Crippen MR) is 51.3 cm³/mol. The molecule has 0 saturated heterocycles. The summed E-state index contributed by atoms with van der Waals surface area (Å²) < 4.78 is 5.05. The molecule has 0 aliphatic rings. The predicted octanol–water partition coefficient (Wildman–Crippen LogP) is 1.29. The summed E-state index contributed by atoms with van der Waals surface area (Å²) in [5.74, 6) is 0. The molecule has 4 nitrogen and oxygen atoms in total. The molecule has 14 heavy (non-hydrogen) atoms. The first-order valence-corrected chi connectivity index (χ1v) is 4.92. The Morgan fingerprint density at radius 3 is 3.07 bits per heavy atom. The van der Waals surface area contributed by atoms with Gasteiger partial charge < -0.3 is 5.11 Å². The SMILES string of the molecule is CCCCC(O)Cc1ccco[n+]1=O. The van der Waals surface area contributed by atoms with Crippen molar-refractivity contribution >= 4 is 0 Å². The fraction of sp³-hybridized carbons (Fsp3) is 0.600. The maximum Gasteiger partial charge on any atom is 0.296 e. The molecule has 1 rings (SSSR count). The van der Waals surface area contributed by atoms with E-state index in [4.69, 9.17) is 0 Å². The first kappa shape index (κ1) is 10.9. The van der Waals surface area contributed by atoms with Crippen LogP contribution in [0.5, 0.6) is 0 Å². The Bertz CT molecular complexity index is 321. The quantitative estimate of drug-likeness (QED) is 0.775. The number of aliphatic hydroxyl groups is 1. The zero-order valence-corrected chi connectivity index (χ0v) is 8.35. The lowest BCUT2D eigenvalue weighted by Gasteiger charge is -2.04. The normalized spacial score (nSPS) is 12.7. The molecule has 1 atom stereocenters. The highest BCUT2D eigenvalue weighted by Gasteiger charge is 2.15. The zero-order valence-electron chi connectivity index (χ0n) is 8.35. The van der Waals surface area contributed by atoms with Crippen LogP contribution in [0.4, 0.5) is 0 Å². The average Bonchev–Trinajstić information content (AvgIpc) is 2.18. The van der Waals surface area contributed by atoms with E-state index in [1.54, 1.807) is 12.1 Å². The van der Waals surface area contributed by atoms with Crippen LogP contribution < -0.4 is 4.60 Å². The van der Waals surface area contributed by atoms with E-state index in [2.05, 4.69) is 11.4 Å². The van der Waals surface area contributed by atoms with Crippen molar-refractivity contribution in [3.05, 3.63) is 29.0 Å². The summed E-state index contributed by atoms with van der Waals surface area (Å²) >= 11 is 0. The Labute approximate surface area is 82.7 Å². The number of rotatable bonds is 5. The van der Waals surface area contributed by atoms with E-state index >= 15 is 0 Å².